The Labute approximate surface area is 334 Å². The highest BCUT2D eigenvalue weighted by Gasteiger charge is 2.71. The zero-order valence-corrected chi connectivity index (χ0v) is 35.8. The van der Waals surface area contributed by atoms with Crippen molar-refractivity contribution in [3.05, 3.63) is 46.0 Å². The van der Waals surface area contributed by atoms with E-state index in [-0.39, 0.29) is 64.3 Å². The molecule has 9 atom stereocenters. The fourth-order valence-electron chi connectivity index (χ4n) is 13.5. The number of aliphatic carboxylic acids is 1. The van der Waals surface area contributed by atoms with Crippen molar-refractivity contribution in [3.8, 4) is 0 Å². The number of nitrogens with zero attached hydrogens (tertiary/aromatic N) is 1. The molecular weight excluding hydrogens is 714 g/mol. The lowest BCUT2D eigenvalue weighted by atomic mass is 9.33. The molecule has 4 saturated carbocycles. The Bertz CT molecular complexity index is 1770. The van der Waals surface area contributed by atoms with Crippen molar-refractivity contribution < 1.29 is 34.1 Å². The maximum atomic E-state index is 14.2. The van der Waals surface area contributed by atoms with Crippen molar-refractivity contribution in [3.63, 3.8) is 0 Å². The molecule has 4 fully saturated rings. The van der Waals surface area contributed by atoms with E-state index in [0.29, 0.717) is 36.2 Å². The Morgan fingerprint density at radius 2 is 1.65 bits per heavy atom. The van der Waals surface area contributed by atoms with E-state index in [9.17, 15) is 29.4 Å². The minimum atomic E-state index is -1.18. The molecule has 0 heterocycles. The van der Waals surface area contributed by atoms with Crippen molar-refractivity contribution in [1.82, 2.24) is 4.90 Å². The van der Waals surface area contributed by atoms with Crippen molar-refractivity contribution in [2.75, 3.05) is 6.54 Å². The highest BCUT2D eigenvalue weighted by Crippen LogP contribution is 2.77. The van der Waals surface area contributed by atoms with E-state index in [1.54, 1.807) is 25.7 Å². The van der Waals surface area contributed by atoms with E-state index >= 15 is 0 Å². The maximum absolute atomic E-state index is 14.2. The molecule has 5 aliphatic carbocycles. The third kappa shape index (κ3) is 6.71. The number of rotatable bonds is 10. The first-order valence-electron chi connectivity index (χ1n) is 20.8. The van der Waals surface area contributed by atoms with Crippen LogP contribution in [0.15, 0.2) is 35.4 Å². The summed E-state index contributed by atoms with van der Waals surface area (Å²) in [6.45, 7) is 21.4. The first kappa shape index (κ1) is 41.9. The predicted octanol–water partition coefficient (Wildman–Crippen LogP) is 9.44. The van der Waals surface area contributed by atoms with Crippen LogP contribution in [0.1, 0.15) is 139 Å². The number of hydrogen-bond donors (Lipinski definition) is 2. The normalized spacial score (nSPS) is 36.0. The van der Waals surface area contributed by atoms with Gasteiger partial charge >= 0.3 is 11.9 Å². The smallest absolute Gasteiger partial charge is 0.309 e. The quantitative estimate of drug-likeness (QED) is 0.227. The number of Topliss-reactive ketones (excluding diaryl/α,β-unsaturated/α-hetero) is 1. The molecule has 1 aromatic carbocycles. The number of aliphatic hydroxyl groups is 1. The van der Waals surface area contributed by atoms with Gasteiger partial charge in [0.15, 0.2) is 5.78 Å². The molecule has 0 aromatic heterocycles. The number of halogens is 1. The van der Waals surface area contributed by atoms with Gasteiger partial charge in [0.1, 0.15) is 6.10 Å². The first-order valence-corrected chi connectivity index (χ1v) is 21.2. The van der Waals surface area contributed by atoms with Crippen LogP contribution in [0.2, 0.25) is 5.02 Å². The number of allylic oxidation sites excluding steroid dienone is 1. The Balaban J connectivity index is 1.29. The molecule has 9 heteroatoms. The number of aliphatic hydroxyl groups excluding tert-OH is 1. The highest BCUT2D eigenvalue weighted by molar-refractivity contribution is 6.30. The third-order valence-corrected chi connectivity index (χ3v) is 16.8. The fourth-order valence-corrected chi connectivity index (χ4v) is 13.7. The topological polar surface area (TPSA) is 121 Å². The van der Waals surface area contributed by atoms with Crippen LogP contribution in [0.25, 0.3) is 0 Å². The Hall–Kier alpha value is -2.71. The third-order valence-electron chi connectivity index (χ3n) is 16.6. The molecule has 1 aromatic rings. The Kier molecular flexibility index (Phi) is 10.9. The van der Waals surface area contributed by atoms with Crippen LogP contribution in [-0.4, -0.2) is 57.5 Å². The molecule has 8 nitrogen and oxygen atoms in total. The van der Waals surface area contributed by atoms with Crippen LogP contribution < -0.4 is 0 Å². The molecule has 2 N–H and O–H groups in total. The number of hydrogen-bond acceptors (Lipinski definition) is 6. The van der Waals surface area contributed by atoms with Gasteiger partial charge in [-0.3, -0.25) is 19.2 Å². The van der Waals surface area contributed by atoms with Gasteiger partial charge in [0, 0.05) is 42.3 Å². The molecular formula is C46H66ClNO7. The molecule has 6 rings (SSSR count). The maximum Gasteiger partial charge on any atom is 0.309 e. The number of carboxylic acid groups (broad SMARTS) is 1. The predicted molar refractivity (Wildman–Crippen MR) is 214 cm³/mol. The second kappa shape index (κ2) is 14.3. The number of esters is 1. The minimum Gasteiger partial charge on any atom is -0.481 e. The summed E-state index contributed by atoms with van der Waals surface area (Å²) in [5.41, 5.74) is 0.751. The molecule has 0 bridgehead atoms. The van der Waals surface area contributed by atoms with Crippen LogP contribution in [0.4, 0.5) is 0 Å². The van der Waals surface area contributed by atoms with E-state index in [0.717, 1.165) is 56.1 Å². The fraction of sp³-hybridized carbons (Fsp3) is 0.739. The molecule has 55 heavy (non-hydrogen) atoms. The molecule has 304 valence electrons. The molecule has 1 amide bonds. The van der Waals surface area contributed by atoms with E-state index in [4.69, 9.17) is 16.3 Å². The lowest BCUT2D eigenvalue weighted by molar-refractivity contribution is -0.235. The molecule has 0 spiro atoms. The molecule has 0 aliphatic heterocycles. The van der Waals surface area contributed by atoms with E-state index in [1.165, 1.54) is 5.57 Å². The Morgan fingerprint density at radius 1 is 0.964 bits per heavy atom. The van der Waals surface area contributed by atoms with Gasteiger partial charge in [-0.2, -0.15) is 0 Å². The average Bonchev–Trinajstić information content (AvgIpc) is 3.39. The minimum absolute atomic E-state index is 0.0118. The number of carboxylic acids is 1. The molecule has 0 unspecified atom stereocenters. The second-order valence-corrected chi connectivity index (χ2v) is 21.0. The van der Waals surface area contributed by atoms with Crippen LogP contribution in [0.5, 0.6) is 0 Å². The van der Waals surface area contributed by atoms with Crippen molar-refractivity contribution >= 4 is 35.2 Å². The number of amides is 1. The van der Waals surface area contributed by atoms with Crippen LogP contribution in [0, 0.1) is 56.2 Å². The van der Waals surface area contributed by atoms with E-state index < -0.39 is 28.9 Å². The van der Waals surface area contributed by atoms with Crippen molar-refractivity contribution in [2.24, 2.45) is 56.2 Å². The summed E-state index contributed by atoms with van der Waals surface area (Å²) < 4.78 is 6.16. The molecule has 0 radical (unpaired) electrons. The van der Waals surface area contributed by atoms with Crippen LogP contribution >= 0.6 is 11.6 Å². The summed E-state index contributed by atoms with van der Waals surface area (Å²) in [6, 6.07) is 7.48. The number of benzene rings is 1. The van der Waals surface area contributed by atoms with Gasteiger partial charge in [-0.25, -0.2) is 0 Å². The summed E-state index contributed by atoms with van der Waals surface area (Å²) in [6.07, 6.45) is 6.32. The zero-order chi connectivity index (χ0) is 40.7. The highest BCUT2D eigenvalue weighted by atomic mass is 35.5. The monoisotopic (exact) mass is 779 g/mol. The lowest BCUT2D eigenvalue weighted by Gasteiger charge is -2.72. The van der Waals surface area contributed by atoms with Crippen LogP contribution in [0.3, 0.4) is 0 Å². The summed E-state index contributed by atoms with van der Waals surface area (Å²) in [5.74, 6) is -0.452. The Morgan fingerprint density at radius 3 is 2.27 bits per heavy atom. The van der Waals surface area contributed by atoms with Gasteiger partial charge in [0.25, 0.3) is 0 Å². The van der Waals surface area contributed by atoms with Gasteiger partial charge in [0.05, 0.1) is 17.9 Å². The van der Waals surface area contributed by atoms with Gasteiger partial charge in [0.2, 0.25) is 5.91 Å². The summed E-state index contributed by atoms with van der Waals surface area (Å²) in [5, 5.41) is 22.7. The second-order valence-electron chi connectivity index (χ2n) is 20.6. The number of fused-ring (bicyclic) bond motifs is 7. The summed E-state index contributed by atoms with van der Waals surface area (Å²) >= 11 is 6.29. The van der Waals surface area contributed by atoms with E-state index in [1.807, 2.05) is 24.3 Å². The van der Waals surface area contributed by atoms with Crippen molar-refractivity contribution in [2.45, 2.75) is 152 Å². The average molecular weight is 780 g/mol. The van der Waals surface area contributed by atoms with Crippen LogP contribution in [-0.2, 0) is 30.5 Å². The lowest BCUT2D eigenvalue weighted by Crippen LogP contribution is -2.66. The number of carbonyl (C=O) groups is 4. The van der Waals surface area contributed by atoms with E-state index in [2.05, 4.69) is 48.5 Å². The molecule has 5 aliphatic rings. The molecule has 0 saturated heterocycles. The van der Waals surface area contributed by atoms with Gasteiger partial charge in [-0.1, -0.05) is 77.8 Å². The van der Waals surface area contributed by atoms with Crippen molar-refractivity contribution in [1.29, 1.82) is 0 Å². The largest absolute Gasteiger partial charge is 0.481 e. The van der Waals surface area contributed by atoms with Gasteiger partial charge in [-0.05, 0) is 128 Å². The number of ether oxygens (including phenoxy) is 1. The van der Waals surface area contributed by atoms with Gasteiger partial charge < -0.3 is 19.8 Å². The first-order chi connectivity index (χ1) is 25.4. The number of carbonyl (C=O) groups excluding carboxylic acids is 3. The summed E-state index contributed by atoms with van der Waals surface area (Å²) in [4.78, 5) is 53.8. The summed E-state index contributed by atoms with van der Waals surface area (Å²) in [7, 11) is 0. The standard InChI is InChI=1S/C46H66ClNO7/c1-27(2)38-32(50)23-46(35(51)26-48(28(3)49)25-29-12-11-13-30(47)22-29)21-20-44(9)31(39(38)46)14-15-34-43(8)18-17-36(55-37(52)24-41(4,5)40(53)54)42(6,7)33(43)16-19-45(34,44)10/h11-13,22,27,31,33-36,51H,14-21,23-26H2,1-10H3,(H,53,54)/t31-,33+,34-,35-,36+,43+,44-,45-,46+/m1/s1. The SMILES string of the molecule is CC(=O)N(Cc1cccc(Cl)c1)C[C@@H](O)[C@@]12CC[C@]3(C)[C@H](CC[C@@H]4[C@@]5(C)CC[C@H](OC(=O)CC(C)(C)C(=O)O)C(C)(C)[C@@H]5CC[C@]43C)C1=C(C(C)C)C(=O)C2. The zero-order valence-electron chi connectivity index (χ0n) is 35.0. The van der Waals surface area contributed by atoms with Gasteiger partial charge in [-0.15, -0.1) is 0 Å². The number of ketones is 1.